The number of anilines is 2. The van der Waals surface area contributed by atoms with Gasteiger partial charge in [-0.3, -0.25) is 9.48 Å². The highest BCUT2D eigenvalue weighted by Crippen LogP contribution is 2.29. The van der Waals surface area contributed by atoms with Crippen molar-refractivity contribution in [1.82, 2.24) is 29.2 Å². The fourth-order valence-corrected chi connectivity index (χ4v) is 3.68. The van der Waals surface area contributed by atoms with Gasteiger partial charge in [-0.05, 0) is 18.1 Å². The number of hydrogen-bond acceptors (Lipinski definition) is 7. The third kappa shape index (κ3) is 3.86. The Morgan fingerprint density at radius 1 is 1.43 bits per heavy atom. The van der Waals surface area contributed by atoms with E-state index in [-0.39, 0.29) is 18.6 Å². The maximum Gasteiger partial charge on any atom is 0.245 e. The molecule has 4 heterocycles. The van der Waals surface area contributed by atoms with Crippen LogP contribution in [0.15, 0.2) is 37.3 Å². The fourth-order valence-electron chi connectivity index (χ4n) is 3.68. The molecule has 0 unspecified atom stereocenters. The van der Waals surface area contributed by atoms with Gasteiger partial charge in [-0.25, -0.2) is 0 Å². The molecule has 1 fully saturated rings. The van der Waals surface area contributed by atoms with Crippen LogP contribution >= 0.6 is 0 Å². The van der Waals surface area contributed by atoms with E-state index in [4.69, 9.17) is 4.74 Å². The molecule has 10 nitrogen and oxygen atoms in total. The van der Waals surface area contributed by atoms with Crippen LogP contribution in [0.2, 0.25) is 0 Å². The number of likely N-dealkylation sites (tertiary alicyclic amines) is 1. The lowest BCUT2D eigenvalue weighted by molar-refractivity contribution is -0.125. The number of carbonyl (C=O) groups excluding carboxylic acids is 1. The van der Waals surface area contributed by atoms with Crippen LogP contribution in [0.25, 0.3) is 11.0 Å². The standard InChI is InChI=1S/C20H25N7O3/c1-4-17(29)27-8-13(2)14(9-27)11-30-19-16-5-6-26(12-28)18(16)23-20(24-19)22-15-7-21-25(3)10-15/h4-7,10,13-14,28H,1,8-9,11-12H2,2-3H3,(H,22,23,24)/t13-,14+/m1/s1. The van der Waals surface area contributed by atoms with Gasteiger partial charge in [-0.1, -0.05) is 13.5 Å². The van der Waals surface area contributed by atoms with E-state index in [9.17, 15) is 9.90 Å². The third-order valence-electron chi connectivity index (χ3n) is 5.39. The monoisotopic (exact) mass is 411 g/mol. The number of hydrogen-bond donors (Lipinski definition) is 2. The second kappa shape index (κ2) is 8.15. The highest BCUT2D eigenvalue weighted by Gasteiger charge is 2.32. The topological polar surface area (TPSA) is 110 Å². The number of nitrogens with zero attached hydrogens (tertiary/aromatic N) is 6. The first kappa shape index (κ1) is 19.9. The van der Waals surface area contributed by atoms with E-state index in [2.05, 4.69) is 33.9 Å². The molecule has 3 aromatic rings. The van der Waals surface area contributed by atoms with Gasteiger partial charge in [-0.15, -0.1) is 0 Å². The molecule has 2 N–H and O–H groups in total. The molecule has 0 bridgehead atoms. The van der Waals surface area contributed by atoms with Crippen LogP contribution in [0, 0.1) is 11.8 Å². The summed E-state index contributed by atoms with van der Waals surface area (Å²) in [5.74, 6) is 1.22. The van der Waals surface area contributed by atoms with Crippen LogP contribution in [0.5, 0.6) is 5.88 Å². The van der Waals surface area contributed by atoms with Crippen molar-refractivity contribution in [2.75, 3.05) is 25.0 Å². The number of nitrogens with one attached hydrogen (secondary N) is 1. The van der Waals surface area contributed by atoms with Gasteiger partial charge in [0.1, 0.15) is 6.73 Å². The van der Waals surface area contributed by atoms with Gasteiger partial charge in [0.2, 0.25) is 17.7 Å². The SMILES string of the molecule is C=CC(=O)N1C[C@@H](COc2nc(Nc3cnn(C)c3)nc3c2ccn3CO)[C@H](C)C1. The molecule has 10 heteroatoms. The first-order valence-corrected chi connectivity index (χ1v) is 9.76. The van der Waals surface area contributed by atoms with Gasteiger partial charge in [0, 0.05) is 38.4 Å². The molecular formula is C20H25N7O3. The molecular weight excluding hydrogens is 386 g/mol. The van der Waals surface area contributed by atoms with Crippen molar-refractivity contribution >= 4 is 28.6 Å². The van der Waals surface area contributed by atoms with Crippen LogP contribution in [-0.4, -0.2) is 59.9 Å². The number of aryl methyl sites for hydroxylation is 1. The molecule has 158 valence electrons. The van der Waals surface area contributed by atoms with Crippen molar-refractivity contribution in [2.24, 2.45) is 18.9 Å². The molecule has 30 heavy (non-hydrogen) atoms. The highest BCUT2D eigenvalue weighted by molar-refractivity contribution is 5.87. The number of aliphatic hydroxyl groups excluding tert-OH is 1. The lowest BCUT2D eigenvalue weighted by Crippen LogP contribution is -2.27. The number of aliphatic hydroxyl groups is 1. The summed E-state index contributed by atoms with van der Waals surface area (Å²) in [6.07, 6.45) is 6.57. The minimum absolute atomic E-state index is 0.0586. The maximum atomic E-state index is 11.9. The van der Waals surface area contributed by atoms with E-state index in [0.29, 0.717) is 48.5 Å². The quantitative estimate of drug-likeness (QED) is 0.567. The van der Waals surface area contributed by atoms with E-state index in [1.165, 1.54) is 6.08 Å². The summed E-state index contributed by atoms with van der Waals surface area (Å²) in [6, 6.07) is 1.82. The smallest absolute Gasteiger partial charge is 0.245 e. The predicted molar refractivity (Wildman–Crippen MR) is 111 cm³/mol. The molecule has 0 aromatic carbocycles. The molecule has 1 saturated heterocycles. The Kier molecular flexibility index (Phi) is 5.40. The molecule has 1 amide bonds. The molecule has 2 atom stereocenters. The van der Waals surface area contributed by atoms with Crippen LogP contribution in [0.4, 0.5) is 11.6 Å². The van der Waals surface area contributed by atoms with Crippen molar-refractivity contribution in [1.29, 1.82) is 0 Å². The first-order chi connectivity index (χ1) is 14.5. The Bertz CT molecular complexity index is 1070. The van der Waals surface area contributed by atoms with Gasteiger partial charge >= 0.3 is 0 Å². The van der Waals surface area contributed by atoms with Crippen molar-refractivity contribution < 1.29 is 14.6 Å². The summed E-state index contributed by atoms with van der Waals surface area (Å²) in [4.78, 5) is 22.8. The zero-order valence-electron chi connectivity index (χ0n) is 17.0. The summed E-state index contributed by atoms with van der Waals surface area (Å²) in [6.45, 7) is 7.20. The second-order valence-electron chi connectivity index (χ2n) is 7.54. The summed E-state index contributed by atoms with van der Waals surface area (Å²) in [5, 5.41) is 17.6. The Labute approximate surface area is 173 Å². The average molecular weight is 411 g/mol. The van der Waals surface area contributed by atoms with Gasteiger partial charge < -0.3 is 24.6 Å². The van der Waals surface area contributed by atoms with Crippen molar-refractivity contribution in [3.8, 4) is 5.88 Å². The van der Waals surface area contributed by atoms with Crippen LogP contribution in [0.1, 0.15) is 6.92 Å². The predicted octanol–water partition coefficient (Wildman–Crippen LogP) is 1.52. The number of ether oxygens (including phenoxy) is 1. The largest absolute Gasteiger partial charge is 0.477 e. The number of rotatable bonds is 7. The van der Waals surface area contributed by atoms with Gasteiger partial charge in [0.15, 0.2) is 5.65 Å². The van der Waals surface area contributed by atoms with Crippen LogP contribution in [-0.2, 0) is 18.6 Å². The number of amides is 1. The lowest BCUT2D eigenvalue weighted by atomic mass is 9.99. The molecule has 4 rings (SSSR count). The third-order valence-corrected chi connectivity index (χ3v) is 5.39. The fraction of sp³-hybridized carbons (Fsp3) is 0.400. The average Bonchev–Trinajstić information content (AvgIpc) is 3.44. The highest BCUT2D eigenvalue weighted by atomic mass is 16.5. The lowest BCUT2D eigenvalue weighted by Gasteiger charge is -2.16. The summed E-state index contributed by atoms with van der Waals surface area (Å²) >= 11 is 0. The molecule has 3 aromatic heterocycles. The Hall–Kier alpha value is -3.40. The zero-order valence-corrected chi connectivity index (χ0v) is 17.0. The normalized spacial score (nSPS) is 18.7. The van der Waals surface area contributed by atoms with Crippen LogP contribution in [0.3, 0.4) is 0 Å². The first-order valence-electron chi connectivity index (χ1n) is 9.76. The molecule has 0 spiro atoms. The van der Waals surface area contributed by atoms with E-state index < -0.39 is 0 Å². The summed E-state index contributed by atoms with van der Waals surface area (Å²) < 4.78 is 9.39. The minimum Gasteiger partial charge on any atom is -0.477 e. The van der Waals surface area contributed by atoms with Gasteiger partial charge in [0.25, 0.3) is 0 Å². The minimum atomic E-state index is -0.204. The Morgan fingerprint density at radius 3 is 2.97 bits per heavy atom. The number of aromatic nitrogens is 5. The van der Waals surface area contributed by atoms with Crippen LogP contribution < -0.4 is 10.1 Å². The maximum absolute atomic E-state index is 11.9. The van der Waals surface area contributed by atoms with E-state index in [0.717, 1.165) is 5.69 Å². The second-order valence-corrected chi connectivity index (χ2v) is 7.54. The van der Waals surface area contributed by atoms with Crippen molar-refractivity contribution in [3.63, 3.8) is 0 Å². The summed E-state index contributed by atoms with van der Waals surface area (Å²) in [5.41, 5.74) is 1.31. The molecule has 1 aliphatic rings. The molecule has 1 aliphatic heterocycles. The molecule has 0 saturated carbocycles. The number of fused-ring (bicyclic) bond motifs is 1. The van der Waals surface area contributed by atoms with Crippen molar-refractivity contribution in [2.45, 2.75) is 13.7 Å². The number of carbonyl (C=O) groups is 1. The Morgan fingerprint density at radius 2 is 2.27 bits per heavy atom. The molecule has 0 aliphatic carbocycles. The zero-order chi connectivity index (χ0) is 21.3. The van der Waals surface area contributed by atoms with Gasteiger partial charge in [0.05, 0.1) is 23.9 Å². The van der Waals surface area contributed by atoms with E-state index in [1.54, 1.807) is 26.5 Å². The summed E-state index contributed by atoms with van der Waals surface area (Å²) in [7, 11) is 1.82. The van der Waals surface area contributed by atoms with Crippen molar-refractivity contribution in [3.05, 3.63) is 37.3 Å². The van der Waals surface area contributed by atoms with E-state index >= 15 is 0 Å². The van der Waals surface area contributed by atoms with Gasteiger partial charge in [-0.2, -0.15) is 15.1 Å². The molecule has 0 radical (unpaired) electrons. The Balaban J connectivity index is 1.57. The van der Waals surface area contributed by atoms with E-state index in [1.807, 2.05) is 19.3 Å².